The van der Waals surface area contributed by atoms with Gasteiger partial charge in [0, 0.05) is 19.6 Å². The molecule has 3 heteroatoms. The molecule has 1 aromatic heterocycles. The van der Waals surface area contributed by atoms with E-state index >= 15 is 0 Å². The van der Waals surface area contributed by atoms with E-state index in [9.17, 15) is 0 Å². The third kappa shape index (κ3) is 3.35. The molecule has 1 atom stereocenters. The maximum absolute atomic E-state index is 4.46. The predicted molar refractivity (Wildman–Crippen MR) is 69.8 cm³/mol. The summed E-state index contributed by atoms with van der Waals surface area (Å²) < 4.78 is 0. The van der Waals surface area contributed by atoms with Gasteiger partial charge in [-0.3, -0.25) is 4.98 Å². The maximum Gasteiger partial charge on any atom is 0.0572 e. The lowest BCUT2D eigenvalue weighted by atomic mass is 10.2. The minimum atomic E-state index is 0.309. The average molecular weight is 219 g/mol. The summed E-state index contributed by atoms with van der Waals surface area (Å²) in [5, 5.41) is 3.34. The summed E-state index contributed by atoms with van der Waals surface area (Å²) in [6, 6.07) is 4.48. The minimum Gasteiger partial charge on any atom is -0.370 e. The summed E-state index contributed by atoms with van der Waals surface area (Å²) in [4.78, 5) is 6.57. The lowest BCUT2D eigenvalue weighted by molar-refractivity contribution is 0.583. The van der Waals surface area contributed by atoms with Gasteiger partial charge in [0.25, 0.3) is 0 Å². The van der Waals surface area contributed by atoms with Gasteiger partial charge in [0.1, 0.15) is 0 Å². The van der Waals surface area contributed by atoms with Crippen LogP contribution >= 0.6 is 0 Å². The van der Waals surface area contributed by atoms with Crippen LogP contribution in [0.1, 0.15) is 25.6 Å². The van der Waals surface area contributed by atoms with Crippen molar-refractivity contribution in [3.8, 4) is 0 Å². The van der Waals surface area contributed by atoms with Crippen LogP contribution in [0.2, 0.25) is 0 Å². The molecule has 1 rings (SSSR count). The van der Waals surface area contributed by atoms with Crippen LogP contribution in [-0.2, 0) is 0 Å². The van der Waals surface area contributed by atoms with Crippen LogP contribution in [0.25, 0.3) is 0 Å². The Balaban J connectivity index is 2.70. The molecule has 1 unspecified atom stereocenters. The highest BCUT2D eigenvalue weighted by atomic mass is 15.1. The summed E-state index contributed by atoms with van der Waals surface area (Å²) in [7, 11) is 2.03. The monoisotopic (exact) mass is 219 g/mol. The van der Waals surface area contributed by atoms with E-state index in [4.69, 9.17) is 0 Å². The molecule has 0 radical (unpaired) electrons. The second-order valence-electron chi connectivity index (χ2n) is 3.89. The Hall–Kier alpha value is -1.35. The largest absolute Gasteiger partial charge is 0.370 e. The van der Waals surface area contributed by atoms with Gasteiger partial charge in [0.15, 0.2) is 0 Å². The average Bonchev–Trinajstić information content (AvgIpc) is 2.30. The zero-order valence-corrected chi connectivity index (χ0v) is 10.4. The van der Waals surface area contributed by atoms with Crippen LogP contribution in [0, 0.1) is 0 Å². The predicted octanol–water partition coefficient (Wildman–Crippen LogP) is 2.37. The zero-order chi connectivity index (χ0) is 12.0. The Kier molecular flexibility index (Phi) is 4.99. The van der Waals surface area contributed by atoms with E-state index in [-0.39, 0.29) is 0 Å². The fourth-order valence-electron chi connectivity index (χ4n) is 1.59. The fraction of sp³-hybridized carbons (Fsp3) is 0.462. The Morgan fingerprint density at radius 1 is 1.56 bits per heavy atom. The van der Waals surface area contributed by atoms with Crippen LogP contribution in [0.4, 0.5) is 5.69 Å². The number of hydrogen-bond donors (Lipinski definition) is 1. The molecule has 0 aliphatic rings. The van der Waals surface area contributed by atoms with Gasteiger partial charge >= 0.3 is 0 Å². The molecule has 88 valence electrons. The topological polar surface area (TPSA) is 28.2 Å². The molecule has 1 aromatic rings. The summed E-state index contributed by atoms with van der Waals surface area (Å²) >= 11 is 0. The Morgan fingerprint density at radius 3 is 2.81 bits per heavy atom. The third-order valence-corrected chi connectivity index (χ3v) is 2.57. The SMILES string of the molecule is C=CCN(C)c1ccc(C(C)NCC)nc1. The molecule has 0 saturated heterocycles. The van der Waals surface area contributed by atoms with Crippen molar-refractivity contribution in [2.45, 2.75) is 19.9 Å². The standard InChI is InChI=1S/C13H21N3/c1-5-9-16(4)12-7-8-13(15-10-12)11(3)14-6-2/h5,7-8,10-11,14H,1,6,9H2,2-4H3. The first-order valence-electron chi connectivity index (χ1n) is 5.70. The van der Waals surface area contributed by atoms with E-state index < -0.39 is 0 Å². The van der Waals surface area contributed by atoms with Crippen molar-refractivity contribution in [2.75, 3.05) is 25.0 Å². The number of likely N-dealkylation sites (N-methyl/N-ethyl adjacent to an activating group) is 1. The van der Waals surface area contributed by atoms with Crippen LogP contribution in [0.15, 0.2) is 31.0 Å². The van der Waals surface area contributed by atoms with E-state index in [1.54, 1.807) is 0 Å². The molecule has 0 aromatic carbocycles. The molecule has 0 fully saturated rings. The van der Waals surface area contributed by atoms with Gasteiger partial charge in [0.2, 0.25) is 0 Å². The maximum atomic E-state index is 4.46. The quantitative estimate of drug-likeness (QED) is 0.745. The molecule has 0 aliphatic heterocycles. The summed E-state index contributed by atoms with van der Waals surface area (Å²) in [6.07, 6.45) is 3.79. The summed E-state index contributed by atoms with van der Waals surface area (Å²) in [5.41, 5.74) is 2.20. The first-order valence-corrected chi connectivity index (χ1v) is 5.70. The van der Waals surface area contributed by atoms with E-state index in [0.29, 0.717) is 6.04 Å². The molecule has 1 N–H and O–H groups in total. The Labute approximate surface area is 98.2 Å². The highest BCUT2D eigenvalue weighted by molar-refractivity contribution is 5.44. The van der Waals surface area contributed by atoms with Crippen molar-refractivity contribution < 1.29 is 0 Å². The Bertz CT molecular complexity index is 318. The second-order valence-corrected chi connectivity index (χ2v) is 3.89. The van der Waals surface area contributed by atoms with Crippen LogP contribution in [-0.4, -0.2) is 25.1 Å². The van der Waals surface area contributed by atoms with Gasteiger partial charge in [-0.05, 0) is 25.6 Å². The molecule has 16 heavy (non-hydrogen) atoms. The Morgan fingerprint density at radius 2 is 2.31 bits per heavy atom. The van der Waals surface area contributed by atoms with E-state index in [1.165, 1.54) is 0 Å². The number of anilines is 1. The molecule has 0 aliphatic carbocycles. The highest BCUT2D eigenvalue weighted by Crippen LogP contribution is 2.15. The van der Waals surface area contributed by atoms with Gasteiger partial charge in [0.05, 0.1) is 17.6 Å². The van der Waals surface area contributed by atoms with Gasteiger partial charge in [-0.1, -0.05) is 13.0 Å². The number of hydrogen-bond acceptors (Lipinski definition) is 3. The lowest BCUT2D eigenvalue weighted by Crippen LogP contribution is -2.20. The number of nitrogens with one attached hydrogen (secondary N) is 1. The highest BCUT2D eigenvalue weighted by Gasteiger charge is 2.05. The summed E-state index contributed by atoms with van der Waals surface area (Å²) in [5.74, 6) is 0. The van der Waals surface area contributed by atoms with Crippen LogP contribution < -0.4 is 10.2 Å². The molecule has 3 nitrogen and oxygen atoms in total. The van der Waals surface area contributed by atoms with Crippen molar-refractivity contribution in [1.29, 1.82) is 0 Å². The molecular formula is C13H21N3. The van der Waals surface area contributed by atoms with Crippen molar-refractivity contribution >= 4 is 5.69 Å². The summed E-state index contributed by atoms with van der Waals surface area (Å²) in [6.45, 7) is 9.74. The van der Waals surface area contributed by atoms with Crippen molar-refractivity contribution in [1.82, 2.24) is 10.3 Å². The minimum absolute atomic E-state index is 0.309. The first kappa shape index (κ1) is 12.7. The van der Waals surface area contributed by atoms with Gasteiger partial charge in [-0.15, -0.1) is 6.58 Å². The van der Waals surface area contributed by atoms with Crippen LogP contribution in [0.3, 0.4) is 0 Å². The van der Waals surface area contributed by atoms with Gasteiger partial charge < -0.3 is 10.2 Å². The van der Waals surface area contributed by atoms with Gasteiger partial charge in [-0.2, -0.15) is 0 Å². The van der Waals surface area contributed by atoms with E-state index in [2.05, 4.69) is 47.8 Å². The number of rotatable bonds is 6. The lowest BCUT2D eigenvalue weighted by Gasteiger charge is -2.18. The third-order valence-electron chi connectivity index (χ3n) is 2.57. The molecule has 0 amide bonds. The molecule has 0 saturated carbocycles. The molecule has 1 heterocycles. The molecular weight excluding hydrogens is 198 g/mol. The smallest absolute Gasteiger partial charge is 0.0572 e. The number of pyridine rings is 1. The molecule has 0 spiro atoms. The first-order chi connectivity index (χ1) is 7.69. The van der Waals surface area contributed by atoms with Crippen molar-refractivity contribution in [3.63, 3.8) is 0 Å². The zero-order valence-electron chi connectivity index (χ0n) is 10.4. The van der Waals surface area contributed by atoms with Crippen molar-refractivity contribution in [3.05, 3.63) is 36.7 Å². The molecule has 0 bridgehead atoms. The normalized spacial score (nSPS) is 12.2. The second kappa shape index (κ2) is 6.28. The fourth-order valence-corrected chi connectivity index (χ4v) is 1.59. The van der Waals surface area contributed by atoms with Crippen LogP contribution in [0.5, 0.6) is 0 Å². The van der Waals surface area contributed by atoms with E-state index in [1.807, 2.05) is 19.3 Å². The van der Waals surface area contributed by atoms with Crippen molar-refractivity contribution in [2.24, 2.45) is 0 Å². The number of aromatic nitrogens is 1. The van der Waals surface area contributed by atoms with E-state index in [0.717, 1.165) is 24.5 Å². The van der Waals surface area contributed by atoms with Gasteiger partial charge in [-0.25, -0.2) is 0 Å². The number of nitrogens with zero attached hydrogens (tertiary/aromatic N) is 2.